The second-order valence-corrected chi connectivity index (χ2v) is 45.9. The van der Waals surface area contributed by atoms with E-state index < -0.39 is 50.8 Å². The minimum atomic E-state index is -4.45. The molecule has 0 fully saturated rings. The number of aliphatic hydroxyl groups excluding tert-OH is 1. The summed E-state index contributed by atoms with van der Waals surface area (Å²) in [6.45, 7) is 22.0. The first-order valence-electron chi connectivity index (χ1n) is 45.4. The largest absolute Gasteiger partial charge is 0.587 e. The summed E-state index contributed by atoms with van der Waals surface area (Å²) < 4.78 is 90.4. The number of phosphoric acid groups is 2. The third-order valence-electron chi connectivity index (χ3n) is 21.2. The van der Waals surface area contributed by atoms with Crippen LogP contribution in [0.3, 0.4) is 0 Å². The van der Waals surface area contributed by atoms with Crippen molar-refractivity contribution in [3.05, 3.63) is 241 Å². The number of carbonyl (C=O) groups excluding carboxylic acids is 3. The van der Waals surface area contributed by atoms with Gasteiger partial charge in [-0.3, -0.25) is 32.5 Å². The van der Waals surface area contributed by atoms with Crippen LogP contribution in [0, 0.1) is 28.1 Å². The average Bonchev–Trinajstić information content (AvgIpc) is 1.60. The molecule has 0 aliphatic heterocycles. The average molecular weight is 2060 g/mol. The molecule has 0 spiro atoms. The van der Waals surface area contributed by atoms with Gasteiger partial charge in [-0.05, 0) is 145 Å². The number of nitrogens with zero attached hydrogens (tertiary/aromatic N) is 2. The predicted molar refractivity (Wildman–Crippen MR) is 548 cm³/mol. The lowest BCUT2D eigenvalue weighted by atomic mass is 9.88. The molecule has 0 aliphatic carbocycles. The van der Waals surface area contributed by atoms with Crippen LogP contribution in [0.1, 0.15) is 235 Å². The van der Waals surface area contributed by atoms with Crippen molar-refractivity contribution in [2.75, 3.05) is 50.3 Å². The Morgan fingerprint density at radius 3 is 1.13 bits per heavy atom. The van der Waals surface area contributed by atoms with E-state index in [1.165, 1.54) is 12.1 Å². The number of hydrogen-bond donors (Lipinski definition) is 4. The van der Waals surface area contributed by atoms with Gasteiger partial charge in [-0.2, -0.15) is 0 Å². The minimum Gasteiger partial charge on any atom is -0.506 e. The van der Waals surface area contributed by atoms with Crippen molar-refractivity contribution in [2.45, 2.75) is 219 Å². The van der Waals surface area contributed by atoms with Crippen LogP contribution in [-0.2, 0) is 84.9 Å². The number of aromatic hydroxyl groups is 1. The van der Waals surface area contributed by atoms with Crippen LogP contribution < -0.4 is 18.1 Å². The van der Waals surface area contributed by atoms with Crippen LogP contribution in [0.4, 0.5) is 0 Å². The monoisotopic (exact) mass is 2050 g/mol. The number of carbonyl (C=O) groups is 5. The molecule has 33 heteroatoms. The molecule has 0 saturated heterocycles. The van der Waals surface area contributed by atoms with Gasteiger partial charge >= 0.3 is 34.5 Å². The number of carboxylic acid groups (broad SMARTS) is 2. The zero-order chi connectivity index (χ0) is 98.4. The molecule has 9 rings (SSSR count). The second kappa shape index (κ2) is 56.3. The molecule has 732 valence electrons. The third-order valence-corrected chi connectivity index (χ3v) is 30.2. The van der Waals surface area contributed by atoms with E-state index >= 15 is 0 Å². The number of benzene rings is 7. The Morgan fingerprint density at radius 2 is 0.761 bits per heavy atom. The van der Waals surface area contributed by atoms with Crippen molar-refractivity contribution < 1.29 is 94.3 Å². The van der Waals surface area contributed by atoms with Gasteiger partial charge in [0.1, 0.15) is 23.0 Å². The van der Waals surface area contributed by atoms with Crippen molar-refractivity contribution in [2.24, 2.45) is 28.1 Å². The van der Waals surface area contributed by atoms with Crippen LogP contribution in [0.2, 0.25) is 20.1 Å². The Hall–Kier alpha value is -6.96. The molecule has 3 atom stereocenters. The molecule has 22 nitrogen and oxygen atoms in total. The van der Waals surface area contributed by atoms with E-state index in [0.29, 0.717) is 86.9 Å². The van der Waals surface area contributed by atoms with Gasteiger partial charge in [-0.1, -0.05) is 340 Å². The van der Waals surface area contributed by atoms with Crippen LogP contribution in [0.25, 0.3) is 22.3 Å². The number of unbranched alkanes of at least 4 members (excludes halogenated alkanes) is 4. The van der Waals surface area contributed by atoms with Gasteiger partial charge in [0.05, 0.1) is 47.6 Å². The summed E-state index contributed by atoms with van der Waals surface area (Å²) >= 11 is 34.8. The zero-order valence-corrected chi connectivity index (χ0v) is 87.8. The number of rotatable bonds is 52. The Kier molecular flexibility index (Phi) is 47.9. The molecule has 0 saturated carbocycles. The van der Waals surface area contributed by atoms with Gasteiger partial charge in [0, 0.05) is 121 Å². The number of phosphoric ester groups is 2. The van der Waals surface area contributed by atoms with E-state index in [2.05, 4.69) is 36.8 Å². The molecular formula is C101H130Cl5N2O20P3S3. The maximum Gasteiger partial charge on any atom is 0.587 e. The summed E-state index contributed by atoms with van der Waals surface area (Å²) in [4.78, 5) is 63.8. The number of hydrogen-bond acceptors (Lipinski definition) is 21. The summed E-state index contributed by atoms with van der Waals surface area (Å²) in [5.74, 6) is 0.0355. The van der Waals surface area contributed by atoms with Crippen LogP contribution in [0.5, 0.6) is 28.7 Å². The van der Waals surface area contributed by atoms with Gasteiger partial charge in [0.15, 0.2) is 21.1 Å². The smallest absolute Gasteiger partial charge is 0.506 e. The SMILES string of the molecule is CC(C)(C)C(=O)SCCOP(=O)(Cl)Oc1ccccc1.CCCCC(CCCC)Cc1c(-c2ccc(O)c(Cl)c2)c(C(=O)O)c(Cc2ccc(Cl)cc2)n1CCCO.CCCCC(CCCC)Cc1c(-c2ccc(OP(=O)(OCCSC(=O)C(C)(C)C)Oc3ccccc3)c(Cl)c2)c(C(=O)O)c(Cc2ccc(Cl)cc2)n1CCCOP(=O)(OCCSC(=O)C(C)(C)C)Oc1ccccc1. The Balaban J connectivity index is 0.000000345. The van der Waals surface area contributed by atoms with Crippen molar-refractivity contribution >= 4 is 143 Å². The lowest BCUT2D eigenvalue weighted by Gasteiger charge is -2.22. The highest BCUT2D eigenvalue weighted by Gasteiger charge is 2.37. The fourth-order valence-corrected chi connectivity index (χ4v) is 21.4. The number of aromatic carboxylic acids is 2. The fourth-order valence-electron chi connectivity index (χ4n) is 14.3. The van der Waals surface area contributed by atoms with Gasteiger partial charge < -0.3 is 47.7 Å². The molecule has 2 heterocycles. The number of thioether (sulfide) groups is 3. The second-order valence-electron chi connectivity index (χ2n) is 35.4. The summed E-state index contributed by atoms with van der Waals surface area (Å²) in [6.07, 6.45) is 15.1. The number of carboxylic acids is 2. The quantitative estimate of drug-likeness (QED) is 0.0203. The van der Waals surface area contributed by atoms with Crippen LogP contribution in [-0.4, -0.2) is 107 Å². The maximum absolute atomic E-state index is 14.5. The van der Waals surface area contributed by atoms with Gasteiger partial charge in [-0.15, -0.1) is 0 Å². The van der Waals surface area contributed by atoms with Gasteiger partial charge in [-0.25, -0.2) is 23.3 Å². The first-order valence-corrected chi connectivity index (χ1v) is 55.3. The first-order chi connectivity index (χ1) is 63.5. The zero-order valence-electron chi connectivity index (χ0n) is 78.9. The third kappa shape index (κ3) is 38.0. The van der Waals surface area contributed by atoms with Gasteiger partial charge in [0.25, 0.3) is 0 Å². The van der Waals surface area contributed by atoms with E-state index in [-0.39, 0.29) is 129 Å². The van der Waals surface area contributed by atoms with Crippen molar-refractivity contribution in [3.8, 4) is 51.0 Å². The molecule has 0 aliphatic rings. The predicted octanol–water partition coefficient (Wildman–Crippen LogP) is 30.2. The number of halogens is 5. The van der Waals surface area contributed by atoms with Crippen LogP contribution in [0.15, 0.2) is 176 Å². The molecule has 0 amide bonds. The molecule has 9 aromatic rings. The van der Waals surface area contributed by atoms with Crippen molar-refractivity contribution in [1.82, 2.24) is 9.13 Å². The molecule has 4 N–H and O–H groups in total. The summed E-state index contributed by atoms with van der Waals surface area (Å²) in [7, 11) is -8.69. The van der Waals surface area contributed by atoms with Crippen molar-refractivity contribution in [3.63, 3.8) is 0 Å². The van der Waals surface area contributed by atoms with E-state index in [9.17, 15) is 58.1 Å². The topological polar surface area (TPSA) is 301 Å². The Labute approximate surface area is 828 Å². The molecule has 3 unspecified atom stereocenters. The van der Waals surface area contributed by atoms with E-state index in [0.717, 1.165) is 141 Å². The minimum absolute atomic E-state index is 0.00980. The molecular weight excluding hydrogens is 1930 g/mol. The number of para-hydroxylation sites is 3. The summed E-state index contributed by atoms with van der Waals surface area (Å²) in [5, 5.41) is 43.1. The van der Waals surface area contributed by atoms with Gasteiger partial charge in [0.2, 0.25) is 0 Å². The fraction of sp³-hybridized carbons (Fsp3) is 0.455. The standard InChI is InChI=1S/C57H73Cl2NO12P2S2.C31H39Cl2NO4.C13H18ClO4PS/c1-9-11-20-41(21-12-10-2)38-48-51(43-28-31-50(47(59)40-43)72-74(66,71-46-24-17-14-18-25-46)69-35-37-76-55(64)57(6,7)8)52(53(61)62)49(39-42-26-29-44(58)30-27-42)60(48)32-19-33-67-73(65,70-45-22-15-13-16-23-45)68-34-36-75-54(63)56(3,4)5;1-3-5-8-21(9-6-4-2)18-26-29(23-12-15-28(36)25(33)20-23)30(31(37)38)27(34(26)16-7-17-35)19-22-10-13-24(32)14-11-22;1-13(2,3)12(15)20-10-9-17-19(14,16)18-11-7-5-4-6-8-11/h13-18,22-31,40-41H,9-12,19-21,32-39H2,1-8H3,(H,61,62);10-15,20-21,35-36H,3-9,16-19H2,1-2H3,(H,37,38);4-8H,9-10H2,1-3H3. The highest BCUT2D eigenvalue weighted by molar-refractivity contribution is 8.14. The normalized spacial score (nSPS) is 13.1. The van der Waals surface area contributed by atoms with E-state index in [1.54, 1.807) is 121 Å². The molecule has 134 heavy (non-hydrogen) atoms. The Morgan fingerprint density at radius 1 is 0.410 bits per heavy atom. The lowest BCUT2D eigenvalue weighted by Crippen LogP contribution is -2.17. The van der Waals surface area contributed by atoms with E-state index in [1.807, 2.05) is 105 Å². The van der Waals surface area contributed by atoms with Crippen LogP contribution >= 0.6 is 116 Å². The number of aromatic nitrogens is 2. The molecule has 0 bridgehead atoms. The number of phenolic OH excluding ortho intramolecular Hbond substituents is 1. The highest BCUT2D eigenvalue weighted by atomic mass is 35.7. The van der Waals surface area contributed by atoms with E-state index in [4.69, 9.17) is 93.8 Å². The summed E-state index contributed by atoms with van der Waals surface area (Å²) in [5.41, 5.74) is 5.76. The number of phenols is 1. The lowest BCUT2D eigenvalue weighted by molar-refractivity contribution is -0.118. The molecule has 2 aromatic heterocycles. The first kappa shape index (κ1) is 114. The van der Waals surface area contributed by atoms with Crippen molar-refractivity contribution in [1.29, 1.82) is 0 Å². The Bertz CT molecular complexity index is 5350. The number of aliphatic hydroxyl groups is 1. The highest BCUT2D eigenvalue weighted by Crippen LogP contribution is 2.55. The summed E-state index contributed by atoms with van der Waals surface area (Å²) in [6, 6.07) is 49.9. The molecule has 7 aromatic carbocycles. The molecule has 0 radical (unpaired) electrons. The maximum atomic E-state index is 14.5.